The first-order valence-electron chi connectivity index (χ1n) is 4.04. The smallest absolute Gasteiger partial charge is 0.162 e. The van der Waals surface area contributed by atoms with Crippen LogP contribution in [0.25, 0.3) is 0 Å². The van der Waals surface area contributed by atoms with E-state index in [1.54, 1.807) is 18.2 Å². The molecule has 78 valence electrons. The molecule has 4 N–H and O–H groups in total. The predicted molar refractivity (Wildman–Crippen MR) is 58.8 cm³/mol. The molecule has 1 aromatic rings. The molecular formula is C10H14ClNO2. The second kappa shape index (κ2) is 5.52. The van der Waals surface area contributed by atoms with Crippen LogP contribution >= 0.6 is 12.4 Å². The third-order valence-corrected chi connectivity index (χ3v) is 1.87. The van der Waals surface area contributed by atoms with E-state index in [2.05, 4.69) is 6.58 Å². The highest BCUT2D eigenvalue weighted by atomic mass is 35.5. The number of benzene rings is 1. The molecule has 0 aliphatic heterocycles. The van der Waals surface area contributed by atoms with Gasteiger partial charge in [0.05, 0.1) is 0 Å². The van der Waals surface area contributed by atoms with Crippen molar-refractivity contribution in [2.75, 3.05) is 0 Å². The fourth-order valence-electron chi connectivity index (χ4n) is 1.15. The Morgan fingerprint density at radius 2 is 2.07 bits per heavy atom. The van der Waals surface area contributed by atoms with Crippen molar-refractivity contribution in [3.8, 4) is 11.5 Å². The Bertz CT molecular complexity index is 315. The number of phenolic OH excluding ortho intramolecular Hbond substituents is 2. The van der Waals surface area contributed by atoms with Crippen LogP contribution in [0.4, 0.5) is 0 Å². The molecule has 0 radical (unpaired) electrons. The largest absolute Gasteiger partial charge is 0.504 e. The molecule has 0 saturated carbocycles. The third kappa shape index (κ3) is 2.65. The monoisotopic (exact) mass is 215 g/mol. The van der Waals surface area contributed by atoms with Gasteiger partial charge in [-0.25, -0.2) is 0 Å². The van der Waals surface area contributed by atoms with E-state index in [-0.39, 0.29) is 29.9 Å². The zero-order chi connectivity index (χ0) is 9.84. The Kier molecular flexibility index (Phi) is 5.05. The molecule has 0 unspecified atom stereocenters. The van der Waals surface area contributed by atoms with Crippen LogP contribution in [0.5, 0.6) is 11.5 Å². The molecule has 1 aromatic carbocycles. The van der Waals surface area contributed by atoms with Crippen LogP contribution in [0.1, 0.15) is 18.0 Å². The first-order chi connectivity index (χ1) is 6.16. The van der Waals surface area contributed by atoms with E-state index >= 15 is 0 Å². The second-order valence-electron chi connectivity index (χ2n) is 2.85. The molecule has 0 spiro atoms. The van der Waals surface area contributed by atoms with Crippen LogP contribution in [0.3, 0.4) is 0 Å². The molecule has 0 fully saturated rings. The number of hydrogen-bond acceptors (Lipinski definition) is 3. The van der Waals surface area contributed by atoms with E-state index in [1.807, 2.05) is 0 Å². The summed E-state index contributed by atoms with van der Waals surface area (Å²) in [4.78, 5) is 0. The number of phenols is 2. The highest BCUT2D eigenvalue weighted by Gasteiger charge is 2.11. The molecule has 1 rings (SSSR count). The van der Waals surface area contributed by atoms with Crippen molar-refractivity contribution in [2.45, 2.75) is 12.5 Å². The summed E-state index contributed by atoms with van der Waals surface area (Å²) < 4.78 is 0. The molecule has 0 bridgehead atoms. The van der Waals surface area contributed by atoms with Crippen LogP contribution in [-0.4, -0.2) is 10.2 Å². The van der Waals surface area contributed by atoms with Crippen molar-refractivity contribution in [3.63, 3.8) is 0 Å². The van der Waals surface area contributed by atoms with Gasteiger partial charge >= 0.3 is 0 Å². The number of nitrogens with two attached hydrogens (primary N) is 1. The summed E-state index contributed by atoms with van der Waals surface area (Å²) in [5, 5.41) is 18.6. The average molecular weight is 216 g/mol. The number of hydrogen-bond donors (Lipinski definition) is 3. The van der Waals surface area contributed by atoms with Gasteiger partial charge in [-0.3, -0.25) is 0 Å². The van der Waals surface area contributed by atoms with E-state index in [1.165, 1.54) is 6.07 Å². The molecule has 1 atom stereocenters. The lowest BCUT2D eigenvalue weighted by Gasteiger charge is -2.11. The van der Waals surface area contributed by atoms with Gasteiger partial charge in [-0.1, -0.05) is 18.2 Å². The Hall–Kier alpha value is -1.19. The Labute approximate surface area is 89.3 Å². The van der Waals surface area contributed by atoms with Gasteiger partial charge < -0.3 is 15.9 Å². The lowest BCUT2D eigenvalue weighted by atomic mass is 10.0. The van der Waals surface area contributed by atoms with Crippen LogP contribution in [-0.2, 0) is 0 Å². The summed E-state index contributed by atoms with van der Waals surface area (Å²) in [5.41, 5.74) is 6.27. The van der Waals surface area contributed by atoms with Gasteiger partial charge in [0.15, 0.2) is 11.5 Å². The average Bonchev–Trinajstić information content (AvgIpc) is 2.10. The van der Waals surface area contributed by atoms with Gasteiger partial charge in [-0.2, -0.15) is 0 Å². The van der Waals surface area contributed by atoms with Crippen molar-refractivity contribution in [1.29, 1.82) is 0 Å². The zero-order valence-electron chi connectivity index (χ0n) is 7.68. The molecule has 0 saturated heterocycles. The summed E-state index contributed by atoms with van der Waals surface area (Å²) in [6.07, 6.45) is 2.24. The summed E-state index contributed by atoms with van der Waals surface area (Å²) in [6, 6.07) is 4.43. The Morgan fingerprint density at radius 3 is 2.64 bits per heavy atom. The maximum Gasteiger partial charge on any atom is 0.162 e. The number of rotatable bonds is 3. The number of halogens is 1. The third-order valence-electron chi connectivity index (χ3n) is 1.87. The minimum absolute atomic E-state index is 0. The molecule has 0 aliphatic rings. The summed E-state index contributed by atoms with van der Waals surface area (Å²) >= 11 is 0. The zero-order valence-corrected chi connectivity index (χ0v) is 8.50. The van der Waals surface area contributed by atoms with Gasteiger partial charge in [-0.05, 0) is 12.5 Å². The van der Waals surface area contributed by atoms with Gasteiger partial charge in [0.1, 0.15) is 0 Å². The first kappa shape index (κ1) is 12.8. The molecule has 0 aromatic heterocycles. The van der Waals surface area contributed by atoms with Crippen LogP contribution in [0.15, 0.2) is 30.9 Å². The van der Waals surface area contributed by atoms with Gasteiger partial charge in [0.2, 0.25) is 0 Å². The van der Waals surface area contributed by atoms with Gasteiger partial charge in [0, 0.05) is 11.6 Å². The second-order valence-corrected chi connectivity index (χ2v) is 2.85. The molecule has 4 heteroatoms. The fraction of sp³-hybridized carbons (Fsp3) is 0.200. The summed E-state index contributed by atoms with van der Waals surface area (Å²) in [6.45, 7) is 3.55. The van der Waals surface area contributed by atoms with Crippen molar-refractivity contribution >= 4 is 12.4 Å². The molecular weight excluding hydrogens is 202 g/mol. The van der Waals surface area contributed by atoms with E-state index in [0.29, 0.717) is 12.0 Å². The number of aromatic hydroxyl groups is 2. The normalized spacial score (nSPS) is 11.5. The topological polar surface area (TPSA) is 66.5 Å². The highest BCUT2D eigenvalue weighted by molar-refractivity contribution is 5.85. The van der Waals surface area contributed by atoms with Crippen molar-refractivity contribution in [3.05, 3.63) is 36.4 Å². The fourth-order valence-corrected chi connectivity index (χ4v) is 1.15. The van der Waals surface area contributed by atoms with Gasteiger partial charge in [0.25, 0.3) is 0 Å². The molecule has 0 amide bonds. The molecule has 3 nitrogen and oxygen atoms in total. The summed E-state index contributed by atoms with van der Waals surface area (Å²) in [5.74, 6) is -0.283. The van der Waals surface area contributed by atoms with E-state index in [9.17, 15) is 10.2 Å². The van der Waals surface area contributed by atoms with Crippen molar-refractivity contribution < 1.29 is 10.2 Å². The maximum atomic E-state index is 9.43. The van der Waals surface area contributed by atoms with Crippen LogP contribution in [0, 0.1) is 0 Å². The SMILES string of the molecule is C=CC[C@H](N)c1cccc(O)c1O.Cl. The van der Waals surface area contributed by atoms with Crippen LogP contribution in [0.2, 0.25) is 0 Å². The van der Waals surface area contributed by atoms with E-state index < -0.39 is 0 Å². The van der Waals surface area contributed by atoms with Gasteiger partial charge in [-0.15, -0.1) is 19.0 Å². The standard InChI is InChI=1S/C10H13NO2.ClH/c1-2-4-8(11)7-5-3-6-9(12)10(7)13;/h2-3,5-6,8,12-13H,1,4,11H2;1H/t8-;/m0./s1. The van der Waals surface area contributed by atoms with E-state index in [4.69, 9.17) is 5.73 Å². The molecule has 0 heterocycles. The first-order valence-corrected chi connectivity index (χ1v) is 4.04. The molecule has 14 heavy (non-hydrogen) atoms. The number of para-hydroxylation sites is 1. The van der Waals surface area contributed by atoms with Crippen molar-refractivity contribution in [2.24, 2.45) is 5.73 Å². The quantitative estimate of drug-likeness (QED) is 0.534. The minimum Gasteiger partial charge on any atom is -0.504 e. The maximum absolute atomic E-state index is 9.43. The predicted octanol–water partition coefficient (Wildman–Crippen LogP) is 2.10. The van der Waals surface area contributed by atoms with E-state index in [0.717, 1.165) is 0 Å². The lowest BCUT2D eigenvalue weighted by molar-refractivity contribution is 0.396. The Morgan fingerprint density at radius 1 is 1.43 bits per heavy atom. The highest BCUT2D eigenvalue weighted by Crippen LogP contribution is 2.32. The molecule has 0 aliphatic carbocycles. The minimum atomic E-state index is -0.315. The Balaban J connectivity index is 0.00000169. The van der Waals surface area contributed by atoms with Crippen molar-refractivity contribution in [1.82, 2.24) is 0 Å². The van der Waals surface area contributed by atoms with Crippen LogP contribution < -0.4 is 5.73 Å². The lowest BCUT2D eigenvalue weighted by Crippen LogP contribution is -2.08. The summed E-state index contributed by atoms with van der Waals surface area (Å²) in [7, 11) is 0.